The van der Waals surface area contributed by atoms with E-state index in [0.717, 1.165) is 36.8 Å². The van der Waals surface area contributed by atoms with Gasteiger partial charge in [0, 0.05) is 42.4 Å². The summed E-state index contributed by atoms with van der Waals surface area (Å²) in [6, 6.07) is 3.62. The summed E-state index contributed by atoms with van der Waals surface area (Å²) >= 11 is 1.93. The van der Waals surface area contributed by atoms with Gasteiger partial charge in [0.25, 0.3) is 5.91 Å². The van der Waals surface area contributed by atoms with Gasteiger partial charge in [-0.05, 0) is 19.1 Å². The number of anilines is 1. The van der Waals surface area contributed by atoms with Gasteiger partial charge in [0.1, 0.15) is 5.82 Å². The van der Waals surface area contributed by atoms with Gasteiger partial charge in [-0.3, -0.25) is 4.79 Å². The van der Waals surface area contributed by atoms with E-state index in [1.807, 2.05) is 29.7 Å². The Morgan fingerprint density at radius 2 is 2.50 bits per heavy atom. The van der Waals surface area contributed by atoms with Crippen LogP contribution in [0.3, 0.4) is 0 Å². The van der Waals surface area contributed by atoms with Crippen LogP contribution < -0.4 is 5.32 Å². The van der Waals surface area contributed by atoms with Gasteiger partial charge >= 0.3 is 0 Å². The molecule has 0 aromatic carbocycles. The maximum Gasteiger partial charge on any atom is 0.254 e. The quantitative estimate of drug-likeness (QED) is 0.909. The maximum atomic E-state index is 12.4. The molecule has 98 valence electrons. The third-order valence-corrected chi connectivity index (χ3v) is 4.03. The van der Waals surface area contributed by atoms with Crippen LogP contribution in [0.2, 0.25) is 0 Å². The van der Waals surface area contributed by atoms with E-state index >= 15 is 0 Å². The van der Waals surface area contributed by atoms with Crippen LogP contribution in [0.4, 0.5) is 5.82 Å². The molecule has 0 saturated carbocycles. The van der Waals surface area contributed by atoms with Crippen molar-refractivity contribution >= 4 is 23.5 Å². The van der Waals surface area contributed by atoms with Crippen LogP contribution in [0.15, 0.2) is 18.3 Å². The molecule has 0 aliphatic carbocycles. The highest BCUT2D eigenvalue weighted by Gasteiger charge is 2.22. The number of hydrogen-bond acceptors (Lipinski definition) is 4. The molecule has 0 bridgehead atoms. The van der Waals surface area contributed by atoms with Crippen molar-refractivity contribution in [1.82, 2.24) is 9.88 Å². The molecule has 5 heteroatoms. The van der Waals surface area contributed by atoms with E-state index in [9.17, 15) is 4.79 Å². The Morgan fingerprint density at radius 1 is 1.67 bits per heavy atom. The van der Waals surface area contributed by atoms with Crippen LogP contribution >= 0.6 is 11.8 Å². The molecule has 2 heterocycles. The van der Waals surface area contributed by atoms with E-state index in [0.29, 0.717) is 5.25 Å². The van der Waals surface area contributed by atoms with Gasteiger partial charge in [0.2, 0.25) is 0 Å². The molecular weight excluding hydrogens is 246 g/mol. The van der Waals surface area contributed by atoms with E-state index < -0.39 is 0 Å². The van der Waals surface area contributed by atoms with E-state index in [1.165, 1.54) is 0 Å². The number of thioether (sulfide) groups is 1. The van der Waals surface area contributed by atoms with Crippen molar-refractivity contribution in [3.05, 3.63) is 23.9 Å². The lowest BCUT2D eigenvalue weighted by atomic mass is 10.2. The van der Waals surface area contributed by atoms with Gasteiger partial charge in [-0.25, -0.2) is 4.98 Å². The molecule has 0 radical (unpaired) electrons. The minimum absolute atomic E-state index is 0.115. The molecule has 1 saturated heterocycles. The fraction of sp³-hybridized carbons (Fsp3) is 0.538. The molecule has 1 aromatic rings. The predicted octanol–water partition coefficient (Wildman–Crippen LogP) is 2.09. The van der Waals surface area contributed by atoms with Crippen LogP contribution in [0.25, 0.3) is 0 Å². The van der Waals surface area contributed by atoms with Gasteiger partial charge in [0.15, 0.2) is 0 Å². The molecule has 4 nitrogen and oxygen atoms in total. The Hall–Kier alpha value is -1.23. The monoisotopic (exact) mass is 265 g/mol. The first-order chi connectivity index (χ1) is 8.70. The maximum absolute atomic E-state index is 12.4. The molecule has 1 fully saturated rings. The smallest absolute Gasteiger partial charge is 0.254 e. The first kappa shape index (κ1) is 13.2. The number of hydrogen-bond donors (Lipinski definition) is 1. The van der Waals surface area contributed by atoms with E-state index in [2.05, 4.69) is 17.2 Å². The average molecular weight is 265 g/mol. The largest absolute Gasteiger partial charge is 0.370 e. The Labute approximate surface area is 112 Å². The molecule has 2 rings (SSSR count). The van der Waals surface area contributed by atoms with Crippen molar-refractivity contribution in [2.45, 2.75) is 19.1 Å². The molecule has 1 aliphatic rings. The molecule has 18 heavy (non-hydrogen) atoms. The Bertz CT molecular complexity index is 424. The third kappa shape index (κ3) is 3.16. The van der Waals surface area contributed by atoms with Gasteiger partial charge in [-0.1, -0.05) is 6.92 Å². The second-order valence-corrected chi connectivity index (χ2v) is 5.94. The summed E-state index contributed by atoms with van der Waals surface area (Å²) in [7, 11) is 0. The minimum Gasteiger partial charge on any atom is -0.370 e. The molecule has 0 spiro atoms. The molecule has 1 aromatic heterocycles. The number of rotatable bonds is 3. The van der Waals surface area contributed by atoms with Crippen molar-refractivity contribution in [3.63, 3.8) is 0 Å². The lowest BCUT2D eigenvalue weighted by molar-refractivity contribution is 0.0763. The van der Waals surface area contributed by atoms with Crippen LogP contribution in [-0.2, 0) is 0 Å². The number of nitrogens with zero attached hydrogens (tertiary/aromatic N) is 2. The lowest BCUT2D eigenvalue weighted by Crippen LogP contribution is -2.41. The third-order valence-electron chi connectivity index (χ3n) is 2.89. The summed E-state index contributed by atoms with van der Waals surface area (Å²) in [6.45, 7) is 6.66. The van der Waals surface area contributed by atoms with Gasteiger partial charge in [-0.2, -0.15) is 11.8 Å². The first-order valence-electron chi connectivity index (χ1n) is 6.31. The zero-order valence-electron chi connectivity index (χ0n) is 10.8. The normalized spacial score (nSPS) is 19.7. The van der Waals surface area contributed by atoms with Crippen molar-refractivity contribution in [3.8, 4) is 0 Å². The predicted molar refractivity (Wildman–Crippen MR) is 76.2 cm³/mol. The summed E-state index contributed by atoms with van der Waals surface area (Å²) < 4.78 is 0. The second-order valence-electron chi connectivity index (χ2n) is 4.39. The molecule has 1 amide bonds. The van der Waals surface area contributed by atoms with Crippen molar-refractivity contribution in [1.29, 1.82) is 0 Å². The molecule has 1 atom stereocenters. The van der Waals surface area contributed by atoms with E-state index in [-0.39, 0.29) is 5.91 Å². The topological polar surface area (TPSA) is 45.2 Å². The summed E-state index contributed by atoms with van der Waals surface area (Å²) in [5.41, 5.74) is 0.722. The first-order valence-corrected chi connectivity index (χ1v) is 7.36. The molecule has 1 N–H and O–H groups in total. The Balaban J connectivity index is 2.10. The fourth-order valence-corrected chi connectivity index (χ4v) is 3.04. The lowest BCUT2D eigenvalue weighted by Gasteiger charge is -2.30. The van der Waals surface area contributed by atoms with Gasteiger partial charge < -0.3 is 10.2 Å². The number of amides is 1. The van der Waals surface area contributed by atoms with Crippen LogP contribution in [0.5, 0.6) is 0 Å². The molecule has 1 aliphatic heterocycles. The SMILES string of the molecule is CCNc1cc(C(=O)N2CCSC(C)C2)ccn1. The zero-order chi connectivity index (χ0) is 13.0. The summed E-state index contributed by atoms with van der Waals surface area (Å²) in [5, 5.41) is 3.65. The number of carbonyl (C=O) groups is 1. The Kier molecular flexibility index (Phi) is 4.47. The number of carbonyl (C=O) groups excluding carboxylic acids is 1. The van der Waals surface area contributed by atoms with Crippen molar-refractivity contribution in [2.75, 3.05) is 30.7 Å². The van der Waals surface area contributed by atoms with Crippen molar-refractivity contribution in [2.24, 2.45) is 0 Å². The number of pyridine rings is 1. The number of aromatic nitrogens is 1. The molecule has 1 unspecified atom stereocenters. The zero-order valence-corrected chi connectivity index (χ0v) is 11.7. The van der Waals surface area contributed by atoms with E-state index in [4.69, 9.17) is 0 Å². The fourth-order valence-electron chi connectivity index (χ4n) is 2.03. The Morgan fingerprint density at radius 3 is 3.22 bits per heavy atom. The molecular formula is C13H19N3OS. The average Bonchev–Trinajstić information content (AvgIpc) is 2.39. The van der Waals surface area contributed by atoms with Crippen LogP contribution in [0.1, 0.15) is 24.2 Å². The second kappa shape index (κ2) is 6.09. The summed E-state index contributed by atoms with van der Waals surface area (Å²) in [5.74, 6) is 1.91. The minimum atomic E-state index is 0.115. The standard InChI is InChI=1S/C13H19N3OS/c1-3-14-12-8-11(4-5-15-12)13(17)16-6-7-18-10(2)9-16/h4-5,8,10H,3,6-7,9H2,1-2H3,(H,14,15). The highest BCUT2D eigenvalue weighted by Crippen LogP contribution is 2.20. The van der Waals surface area contributed by atoms with Crippen LogP contribution in [0, 0.1) is 0 Å². The van der Waals surface area contributed by atoms with Gasteiger partial charge in [0.05, 0.1) is 0 Å². The highest BCUT2D eigenvalue weighted by atomic mass is 32.2. The van der Waals surface area contributed by atoms with E-state index in [1.54, 1.807) is 12.3 Å². The van der Waals surface area contributed by atoms with Crippen molar-refractivity contribution < 1.29 is 4.79 Å². The van der Waals surface area contributed by atoms with Gasteiger partial charge in [-0.15, -0.1) is 0 Å². The summed E-state index contributed by atoms with van der Waals surface area (Å²) in [4.78, 5) is 18.5. The van der Waals surface area contributed by atoms with Crippen LogP contribution in [-0.4, -0.2) is 46.4 Å². The number of nitrogens with one attached hydrogen (secondary N) is 1. The summed E-state index contributed by atoms with van der Waals surface area (Å²) in [6.07, 6.45) is 1.69. The highest BCUT2D eigenvalue weighted by molar-refractivity contribution is 7.99.